The number of para-hydroxylation sites is 1. The number of hydrogen-bond acceptors (Lipinski definition) is 5. The molecule has 0 spiro atoms. The highest BCUT2D eigenvalue weighted by Crippen LogP contribution is 2.21. The van der Waals surface area contributed by atoms with E-state index in [1.165, 1.54) is 11.8 Å². The second-order valence-corrected chi connectivity index (χ2v) is 5.02. The topological polar surface area (TPSA) is 78.8 Å². The standard InChI is InChI=1S/C15H15N3O2S/c1-3-20-12-7-5-4-6-10(12)8-13-17-14(19)11(9-16)15(18-13)21-2/h4-7H,3,8H2,1-2H3,(H,17,18,19). The number of hydrogen-bond donors (Lipinski definition) is 1. The maximum absolute atomic E-state index is 11.9. The molecule has 108 valence electrons. The van der Waals surface area contributed by atoms with E-state index in [-0.39, 0.29) is 5.56 Å². The van der Waals surface area contributed by atoms with Gasteiger partial charge in [0.2, 0.25) is 0 Å². The molecule has 0 bridgehead atoms. The molecule has 1 aromatic carbocycles. The Morgan fingerprint density at radius 2 is 2.19 bits per heavy atom. The minimum Gasteiger partial charge on any atom is -0.494 e. The quantitative estimate of drug-likeness (QED) is 0.677. The van der Waals surface area contributed by atoms with Gasteiger partial charge in [0.1, 0.15) is 28.2 Å². The van der Waals surface area contributed by atoms with E-state index in [2.05, 4.69) is 9.97 Å². The first kappa shape index (κ1) is 15.1. The maximum Gasteiger partial charge on any atom is 0.270 e. The van der Waals surface area contributed by atoms with Crippen molar-refractivity contribution in [1.82, 2.24) is 9.97 Å². The molecule has 1 heterocycles. The molecule has 0 amide bonds. The second-order valence-electron chi connectivity index (χ2n) is 4.23. The van der Waals surface area contributed by atoms with Crippen LogP contribution < -0.4 is 10.3 Å². The predicted molar refractivity (Wildman–Crippen MR) is 81.8 cm³/mol. The lowest BCUT2D eigenvalue weighted by Crippen LogP contribution is -2.17. The molecule has 21 heavy (non-hydrogen) atoms. The van der Waals surface area contributed by atoms with Gasteiger partial charge in [0.15, 0.2) is 0 Å². The number of nitriles is 1. The smallest absolute Gasteiger partial charge is 0.270 e. The second kappa shape index (κ2) is 6.95. The van der Waals surface area contributed by atoms with Gasteiger partial charge in [0.25, 0.3) is 5.56 Å². The van der Waals surface area contributed by atoms with Crippen LogP contribution in [0, 0.1) is 11.3 Å². The number of H-pyrrole nitrogens is 1. The van der Waals surface area contributed by atoms with Gasteiger partial charge in [-0.3, -0.25) is 4.79 Å². The summed E-state index contributed by atoms with van der Waals surface area (Å²) in [5.74, 6) is 1.30. The fourth-order valence-electron chi connectivity index (χ4n) is 1.95. The molecule has 0 radical (unpaired) electrons. The lowest BCUT2D eigenvalue weighted by atomic mass is 10.1. The van der Waals surface area contributed by atoms with Crippen LogP contribution in [0.2, 0.25) is 0 Å². The van der Waals surface area contributed by atoms with Crippen LogP contribution in [0.25, 0.3) is 0 Å². The van der Waals surface area contributed by atoms with Crippen LogP contribution in [0.5, 0.6) is 5.75 Å². The molecule has 5 nitrogen and oxygen atoms in total. The van der Waals surface area contributed by atoms with Gasteiger partial charge in [-0.05, 0) is 19.2 Å². The number of aromatic nitrogens is 2. The Bertz CT molecular complexity index is 734. The maximum atomic E-state index is 11.9. The van der Waals surface area contributed by atoms with E-state index in [1.807, 2.05) is 37.3 Å². The first-order chi connectivity index (χ1) is 10.2. The summed E-state index contributed by atoms with van der Waals surface area (Å²) in [6, 6.07) is 9.51. The first-order valence-corrected chi connectivity index (χ1v) is 7.70. The first-order valence-electron chi connectivity index (χ1n) is 6.47. The highest BCUT2D eigenvalue weighted by molar-refractivity contribution is 7.98. The van der Waals surface area contributed by atoms with E-state index >= 15 is 0 Å². The lowest BCUT2D eigenvalue weighted by molar-refractivity contribution is 0.337. The number of nitrogens with one attached hydrogen (secondary N) is 1. The Morgan fingerprint density at radius 1 is 1.43 bits per heavy atom. The number of rotatable bonds is 5. The molecular weight excluding hydrogens is 286 g/mol. The molecule has 0 aliphatic heterocycles. The van der Waals surface area contributed by atoms with Crippen molar-refractivity contribution < 1.29 is 4.74 Å². The molecule has 2 rings (SSSR count). The Morgan fingerprint density at radius 3 is 2.86 bits per heavy atom. The average molecular weight is 301 g/mol. The predicted octanol–water partition coefficient (Wildman–Crippen LogP) is 2.35. The molecule has 0 aliphatic carbocycles. The van der Waals surface area contributed by atoms with Gasteiger partial charge >= 0.3 is 0 Å². The van der Waals surface area contributed by atoms with Gasteiger partial charge in [-0.25, -0.2) is 4.98 Å². The molecule has 0 unspecified atom stereocenters. The highest BCUT2D eigenvalue weighted by atomic mass is 32.2. The Hall–Kier alpha value is -2.26. The van der Waals surface area contributed by atoms with Gasteiger partial charge in [0.05, 0.1) is 6.61 Å². The summed E-state index contributed by atoms with van der Waals surface area (Å²) in [5, 5.41) is 9.43. The minimum atomic E-state index is -0.402. The van der Waals surface area contributed by atoms with E-state index in [9.17, 15) is 4.79 Å². The van der Waals surface area contributed by atoms with Gasteiger partial charge in [-0.1, -0.05) is 18.2 Å². The van der Waals surface area contributed by atoms with Crippen molar-refractivity contribution in [3.63, 3.8) is 0 Å². The normalized spacial score (nSPS) is 10.1. The van der Waals surface area contributed by atoms with Gasteiger partial charge in [0, 0.05) is 12.0 Å². The zero-order valence-corrected chi connectivity index (χ0v) is 12.7. The number of nitrogens with zero attached hydrogens (tertiary/aromatic N) is 2. The summed E-state index contributed by atoms with van der Waals surface area (Å²) in [6.07, 6.45) is 2.24. The summed E-state index contributed by atoms with van der Waals surface area (Å²) in [4.78, 5) is 18.9. The molecule has 0 aliphatic rings. The minimum absolute atomic E-state index is 0.0596. The largest absolute Gasteiger partial charge is 0.494 e. The number of thioether (sulfide) groups is 1. The Balaban J connectivity index is 2.39. The van der Waals surface area contributed by atoms with Crippen LogP contribution >= 0.6 is 11.8 Å². The van der Waals surface area contributed by atoms with Gasteiger partial charge in [-0.2, -0.15) is 5.26 Å². The van der Waals surface area contributed by atoms with Crippen molar-refractivity contribution in [2.75, 3.05) is 12.9 Å². The molecule has 0 saturated heterocycles. The third kappa shape index (κ3) is 3.44. The molecule has 1 aromatic heterocycles. The van der Waals surface area contributed by atoms with Crippen molar-refractivity contribution in [1.29, 1.82) is 5.26 Å². The van der Waals surface area contributed by atoms with E-state index in [1.54, 1.807) is 6.26 Å². The van der Waals surface area contributed by atoms with Crippen LogP contribution in [0.15, 0.2) is 34.1 Å². The summed E-state index contributed by atoms with van der Waals surface area (Å²) in [7, 11) is 0. The molecule has 0 saturated carbocycles. The van der Waals surface area contributed by atoms with Crippen molar-refractivity contribution in [2.45, 2.75) is 18.4 Å². The number of ether oxygens (including phenoxy) is 1. The number of benzene rings is 1. The summed E-state index contributed by atoms with van der Waals surface area (Å²) in [6.45, 7) is 2.49. The SMILES string of the molecule is CCOc1ccccc1Cc1nc(SC)c(C#N)c(=O)[nH]1. The fourth-order valence-corrected chi connectivity index (χ4v) is 2.50. The van der Waals surface area contributed by atoms with Crippen LogP contribution in [0.1, 0.15) is 23.9 Å². The molecule has 2 aromatic rings. The molecular formula is C15H15N3O2S. The van der Waals surface area contributed by atoms with Crippen molar-refractivity contribution in [2.24, 2.45) is 0 Å². The van der Waals surface area contributed by atoms with Crippen LogP contribution in [-0.4, -0.2) is 22.8 Å². The highest BCUT2D eigenvalue weighted by Gasteiger charge is 2.12. The lowest BCUT2D eigenvalue weighted by Gasteiger charge is -2.10. The van der Waals surface area contributed by atoms with Crippen molar-refractivity contribution in [3.8, 4) is 11.8 Å². The molecule has 1 N–H and O–H groups in total. The van der Waals surface area contributed by atoms with Crippen LogP contribution in [0.4, 0.5) is 0 Å². The molecule has 0 fully saturated rings. The van der Waals surface area contributed by atoms with Crippen LogP contribution in [-0.2, 0) is 6.42 Å². The third-order valence-corrected chi connectivity index (χ3v) is 3.55. The van der Waals surface area contributed by atoms with Crippen molar-refractivity contribution in [3.05, 3.63) is 51.6 Å². The summed E-state index contributed by atoms with van der Waals surface area (Å²) in [5.41, 5.74) is 0.601. The number of aromatic amines is 1. The molecule has 6 heteroatoms. The monoisotopic (exact) mass is 301 g/mol. The fraction of sp³-hybridized carbons (Fsp3) is 0.267. The zero-order chi connectivity index (χ0) is 15.2. The third-order valence-electron chi connectivity index (χ3n) is 2.87. The summed E-state index contributed by atoms with van der Waals surface area (Å²) < 4.78 is 5.56. The van der Waals surface area contributed by atoms with Crippen molar-refractivity contribution >= 4 is 11.8 Å². The van der Waals surface area contributed by atoms with Gasteiger partial charge < -0.3 is 9.72 Å². The van der Waals surface area contributed by atoms with E-state index < -0.39 is 5.56 Å². The Labute approximate surface area is 127 Å². The van der Waals surface area contributed by atoms with E-state index in [4.69, 9.17) is 10.00 Å². The Kier molecular flexibility index (Phi) is 5.01. The zero-order valence-electron chi connectivity index (χ0n) is 11.8. The van der Waals surface area contributed by atoms with E-state index in [0.29, 0.717) is 23.9 Å². The average Bonchev–Trinajstić information content (AvgIpc) is 2.49. The molecule has 0 atom stereocenters. The van der Waals surface area contributed by atoms with Gasteiger partial charge in [-0.15, -0.1) is 11.8 Å². The summed E-state index contributed by atoms with van der Waals surface area (Å²) >= 11 is 1.29. The van der Waals surface area contributed by atoms with Crippen LogP contribution in [0.3, 0.4) is 0 Å². The van der Waals surface area contributed by atoms with E-state index in [0.717, 1.165) is 11.3 Å².